The van der Waals surface area contributed by atoms with Crippen LogP contribution in [0.4, 0.5) is 8.78 Å². The standard InChI is InChI=1S/C15H20F2N2O/c1-2-3-4-14(18)15(20)19-6-5-12-10(9-19)7-11(16)8-13(12)17/h7-8,14H,2-6,9,18H2,1H3. The van der Waals surface area contributed by atoms with Gasteiger partial charge in [-0.25, -0.2) is 8.78 Å². The number of hydrogen-bond acceptors (Lipinski definition) is 2. The van der Waals surface area contributed by atoms with Crippen LogP contribution in [0.1, 0.15) is 37.3 Å². The van der Waals surface area contributed by atoms with Gasteiger partial charge in [-0.1, -0.05) is 19.8 Å². The highest BCUT2D eigenvalue weighted by Gasteiger charge is 2.26. The van der Waals surface area contributed by atoms with Crippen molar-refractivity contribution >= 4 is 5.91 Å². The highest BCUT2D eigenvalue weighted by Crippen LogP contribution is 2.23. The third kappa shape index (κ3) is 3.15. The smallest absolute Gasteiger partial charge is 0.239 e. The molecule has 0 bridgehead atoms. The van der Waals surface area contributed by atoms with Crippen LogP contribution in [0.3, 0.4) is 0 Å². The van der Waals surface area contributed by atoms with Crippen LogP contribution in [0.15, 0.2) is 12.1 Å². The molecule has 1 heterocycles. The summed E-state index contributed by atoms with van der Waals surface area (Å²) in [5.41, 5.74) is 6.93. The van der Waals surface area contributed by atoms with Crippen molar-refractivity contribution in [2.45, 2.75) is 45.2 Å². The number of carbonyl (C=O) groups is 1. The topological polar surface area (TPSA) is 46.3 Å². The zero-order valence-corrected chi connectivity index (χ0v) is 11.7. The van der Waals surface area contributed by atoms with Crippen LogP contribution in [-0.4, -0.2) is 23.4 Å². The fraction of sp³-hybridized carbons (Fsp3) is 0.533. The molecule has 1 aromatic rings. The van der Waals surface area contributed by atoms with E-state index >= 15 is 0 Å². The van der Waals surface area contributed by atoms with Crippen molar-refractivity contribution in [3.63, 3.8) is 0 Å². The Labute approximate surface area is 117 Å². The molecule has 0 radical (unpaired) electrons. The summed E-state index contributed by atoms with van der Waals surface area (Å²) in [4.78, 5) is 13.8. The first-order chi connectivity index (χ1) is 9.52. The largest absolute Gasteiger partial charge is 0.337 e. The first kappa shape index (κ1) is 14.9. The van der Waals surface area contributed by atoms with Crippen LogP contribution in [0, 0.1) is 11.6 Å². The average molecular weight is 282 g/mol. The van der Waals surface area contributed by atoms with E-state index in [0.717, 1.165) is 18.9 Å². The maximum absolute atomic E-state index is 13.6. The number of fused-ring (bicyclic) bond motifs is 1. The van der Waals surface area contributed by atoms with Gasteiger partial charge in [-0.3, -0.25) is 4.79 Å². The van der Waals surface area contributed by atoms with E-state index in [1.807, 2.05) is 6.92 Å². The number of hydrogen-bond donors (Lipinski definition) is 1. The lowest BCUT2D eigenvalue weighted by Gasteiger charge is -2.31. The molecule has 0 aliphatic carbocycles. The third-order valence-electron chi connectivity index (χ3n) is 3.74. The monoisotopic (exact) mass is 282 g/mol. The highest BCUT2D eigenvalue weighted by atomic mass is 19.1. The van der Waals surface area contributed by atoms with Crippen LogP contribution in [0.2, 0.25) is 0 Å². The van der Waals surface area contributed by atoms with Crippen molar-refractivity contribution < 1.29 is 13.6 Å². The Balaban J connectivity index is 2.09. The number of unbranched alkanes of at least 4 members (excludes halogenated alkanes) is 1. The summed E-state index contributed by atoms with van der Waals surface area (Å²) in [6, 6.07) is 1.67. The Morgan fingerprint density at radius 3 is 2.90 bits per heavy atom. The summed E-state index contributed by atoms with van der Waals surface area (Å²) in [7, 11) is 0. The van der Waals surface area contributed by atoms with Crippen LogP contribution in [-0.2, 0) is 17.8 Å². The van der Waals surface area contributed by atoms with Gasteiger partial charge in [0, 0.05) is 19.2 Å². The minimum Gasteiger partial charge on any atom is -0.337 e. The lowest BCUT2D eigenvalue weighted by atomic mass is 9.98. The van der Waals surface area contributed by atoms with Crippen molar-refractivity contribution in [3.8, 4) is 0 Å². The molecule has 5 heteroatoms. The number of benzene rings is 1. The molecule has 110 valence electrons. The summed E-state index contributed by atoms with van der Waals surface area (Å²) in [6.07, 6.45) is 2.95. The molecule has 1 aromatic carbocycles. The lowest BCUT2D eigenvalue weighted by molar-refractivity contribution is -0.133. The van der Waals surface area contributed by atoms with Crippen LogP contribution in [0.25, 0.3) is 0 Å². The fourth-order valence-electron chi connectivity index (χ4n) is 2.58. The van der Waals surface area contributed by atoms with Crippen LogP contribution in [0.5, 0.6) is 0 Å². The van der Waals surface area contributed by atoms with E-state index < -0.39 is 17.7 Å². The van der Waals surface area contributed by atoms with Crippen molar-refractivity contribution in [2.75, 3.05) is 6.54 Å². The molecular formula is C15H20F2N2O. The maximum Gasteiger partial charge on any atom is 0.239 e. The summed E-state index contributed by atoms with van der Waals surface area (Å²) in [6.45, 7) is 2.72. The predicted molar refractivity (Wildman–Crippen MR) is 73.0 cm³/mol. The fourth-order valence-corrected chi connectivity index (χ4v) is 2.58. The summed E-state index contributed by atoms with van der Waals surface area (Å²) in [5.74, 6) is -1.26. The van der Waals surface area contributed by atoms with Crippen molar-refractivity contribution in [1.82, 2.24) is 4.90 Å². The van der Waals surface area contributed by atoms with E-state index in [2.05, 4.69) is 0 Å². The Kier molecular flexibility index (Phi) is 4.70. The zero-order valence-electron chi connectivity index (χ0n) is 11.7. The zero-order chi connectivity index (χ0) is 14.7. The van der Waals surface area contributed by atoms with Gasteiger partial charge < -0.3 is 10.6 Å². The summed E-state index contributed by atoms with van der Waals surface area (Å²) < 4.78 is 26.9. The minimum absolute atomic E-state index is 0.131. The molecule has 3 nitrogen and oxygen atoms in total. The number of nitrogens with two attached hydrogens (primary N) is 1. The second-order valence-electron chi connectivity index (χ2n) is 5.28. The second-order valence-corrected chi connectivity index (χ2v) is 5.28. The van der Waals surface area contributed by atoms with E-state index in [-0.39, 0.29) is 12.5 Å². The number of halogens is 2. The highest BCUT2D eigenvalue weighted by molar-refractivity contribution is 5.81. The first-order valence-electron chi connectivity index (χ1n) is 7.04. The molecule has 2 rings (SSSR count). The van der Waals surface area contributed by atoms with Crippen molar-refractivity contribution in [2.24, 2.45) is 5.73 Å². The molecule has 0 fully saturated rings. The Hall–Kier alpha value is -1.49. The minimum atomic E-state index is -0.606. The van der Waals surface area contributed by atoms with Crippen molar-refractivity contribution in [3.05, 3.63) is 34.9 Å². The van der Waals surface area contributed by atoms with Gasteiger partial charge in [0.1, 0.15) is 11.6 Å². The van der Waals surface area contributed by atoms with Gasteiger partial charge in [-0.2, -0.15) is 0 Å². The second kappa shape index (κ2) is 6.31. The molecule has 2 N–H and O–H groups in total. The van der Waals surface area contributed by atoms with Gasteiger partial charge in [0.05, 0.1) is 6.04 Å². The van der Waals surface area contributed by atoms with Gasteiger partial charge in [0.2, 0.25) is 5.91 Å². The normalized spacial score (nSPS) is 15.9. The van der Waals surface area contributed by atoms with E-state index in [9.17, 15) is 13.6 Å². The van der Waals surface area contributed by atoms with Crippen LogP contribution >= 0.6 is 0 Å². The third-order valence-corrected chi connectivity index (χ3v) is 3.74. The van der Waals surface area contributed by atoms with E-state index in [4.69, 9.17) is 5.73 Å². The van der Waals surface area contributed by atoms with Gasteiger partial charge in [-0.05, 0) is 30.0 Å². The Morgan fingerprint density at radius 2 is 2.20 bits per heavy atom. The van der Waals surface area contributed by atoms with Gasteiger partial charge >= 0.3 is 0 Å². The van der Waals surface area contributed by atoms with E-state index in [0.29, 0.717) is 30.5 Å². The van der Waals surface area contributed by atoms with E-state index in [1.165, 1.54) is 6.07 Å². The maximum atomic E-state index is 13.6. The number of rotatable bonds is 4. The molecule has 1 aliphatic rings. The molecule has 1 amide bonds. The molecule has 0 spiro atoms. The van der Waals surface area contributed by atoms with Crippen molar-refractivity contribution in [1.29, 1.82) is 0 Å². The molecule has 0 aromatic heterocycles. The van der Waals surface area contributed by atoms with Gasteiger partial charge in [0.15, 0.2) is 0 Å². The number of carbonyl (C=O) groups excluding carboxylic acids is 1. The predicted octanol–water partition coefficient (Wildman–Crippen LogP) is 2.37. The lowest BCUT2D eigenvalue weighted by Crippen LogP contribution is -2.46. The van der Waals surface area contributed by atoms with Crippen LogP contribution < -0.4 is 5.73 Å². The Bertz CT molecular complexity index is 505. The van der Waals surface area contributed by atoms with E-state index in [1.54, 1.807) is 4.90 Å². The molecule has 20 heavy (non-hydrogen) atoms. The number of nitrogens with zero attached hydrogens (tertiary/aromatic N) is 1. The molecule has 1 unspecified atom stereocenters. The Morgan fingerprint density at radius 1 is 1.45 bits per heavy atom. The van der Waals surface area contributed by atoms with Gasteiger partial charge in [-0.15, -0.1) is 0 Å². The van der Waals surface area contributed by atoms with Gasteiger partial charge in [0.25, 0.3) is 0 Å². The molecule has 1 atom stereocenters. The average Bonchev–Trinajstić information content (AvgIpc) is 2.43. The molecule has 0 saturated heterocycles. The molecule has 0 saturated carbocycles. The number of amides is 1. The SMILES string of the molecule is CCCCC(N)C(=O)N1CCc2c(F)cc(F)cc2C1. The quantitative estimate of drug-likeness (QED) is 0.921. The summed E-state index contributed by atoms with van der Waals surface area (Å²) >= 11 is 0. The first-order valence-corrected chi connectivity index (χ1v) is 7.04. The summed E-state index contributed by atoms with van der Waals surface area (Å²) in [5, 5.41) is 0. The molecule has 1 aliphatic heterocycles. The molecular weight excluding hydrogens is 262 g/mol.